The molecule has 4 heteroatoms. The van der Waals surface area contributed by atoms with Crippen LogP contribution in [0, 0.1) is 0 Å². The highest BCUT2D eigenvalue weighted by atomic mass is 15.5. The van der Waals surface area contributed by atoms with Crippen molar-refractivity contribution >= 4 is 7.41 Å². The molecule has 21 heavy (non-hydrogen) atoms. The summed E-state index contributed by atoms with van der Waals surface area (Å²) in [4.78, 5) is 0. The van der Waals surface area contributed by atoms with Gasteiger partial charge in [-0.15, -0.1) is 0 Å². The van der Waals surface area contributed by atoms with Crippen LogP contribution < -0.4 is 11.1 Å². The number of hydrogen-bond donors (Lipinski definition) is 2. The Kier molecular flexibility index (Phi) is 8.23. The van der Waals surface area contributed by atoms with Crippen molar-refractivity contribution in [3.63, 3.8) is 0 Å². The highest BCUT2D eigenvalue weighted by molar-refractivity contribution is 6.36. The number of nitrogens with one attached hydrogen (secondary N) is 1. The van der Waals surface area contributed by atoms with Crippen molar-refractivity contribution < 1.29 is 0 Å². The first-order valence-corrected chi connectivity index (χ1v) is 8.34. The molecule has 0 fully saturated rings. The molecule has 0 aromatic rings. The molecule has 0 aliphatic carbocycles. The van der Waals surface area contributed by atoms with Gasteiger partial charge in [0.1, 0.15) is 0 Å². The highest BCUT2D eigenvalue weighted by Crippen LogP contribution is 2.27. The first-order chi connectivity index (χ1) is 9.52. The summed E-state index contributed by atoms with van der Waals surface area (Å²) in [6, 6.07) is 0.368. The second-order valence-corrected chi connectivity index (χ2v) is 7.46. The van der Waals surface area contributed by atoms with Gasteiger partial charge in [0.2, 0.25) is 7.41 Å². The molecule has 0 heterocycles. The molecule has 0 aliphatic heterocycles. The van der Waals surface area contributed by atoms with Crippen LogP contribution in [0.4, 0.5) is 0 Å². The van der Waals surface area contributed by atoms with Gasteiger partial charge in [0.05, 0.1) is 0 Å². The quantitative estimate of drug-likeness (QED) is 0.278. The molecule has 0 aliphatic rings. The average molecular weight is 294 g/mol. The van der Waals surface area contributed by atoms with Crippen LogP contribution in [-0.2, 0) is 0 Å². The van der Waals surface area contributed by atoms with Gasteiger partial charge in [0, 0.05) is 17.6 Å². The van der Waals surface area contributed by atoms with Crippen LogP contribution in [0.25, 0.3) is 0 Å². The molecule has 0 saturated carbocycles. The van der Waals surface area contributed by atoms with Gasteiger partial charge in [-0.2, -0.15) is 0 Å². The summed E-state index contributed by atoms with van der Waals surface area (Å²) >= 11 is 0. The molecule has 2 atom stereocenters. The minimum Gasteiger partial charge on any atom is -0.353 e. The summed E-state index contributed by atoms with van der Waals surface area (Å²) in [6.07, 6.45) is 3.08. The second-order valence-electron chi connectivity index (χ2n) is 7.46. The summed E-state index contributed by atoms with van der Waals surface area (Å²) in [6.45, 7) is 21.8. The normalized spacial score (nSPS) is 15.9. The van der Waals surface area contributed by atoms with Crippen molar-refractivity contribution in [3.05, 3.63) is 12.2 Å². The Hall–Kier alpha value is -0.315. The summed E-state index contributed by atoms with van der Waals surface area (Å²) in [5.41, 5.74) is 1.18. The zero-order valence-electron chi connectivity index (χ0n) is 15.6. The molecular formula is C17H37BN3. The lowest BCUT2D eigenvalue weighted by Gasteiger charge is -2.43. The molecule has 0 spiro atoms. The van der Waals surface area contributed by atoms with Crippen LogP contribution in [0.1, 0.15) is 74.7 Å². The Morgan fingerprint density at radius 1 is 1.19 bits per heavy atom. The fraction of sp³-hybridized carbons (Fsp3) is 0.882. The standard InChI is InChI=1S/C17H37BN3/c1-10-13(4)15(20-18-16(6,7)11-2)14(5)21(19)17(8,9)12-3/h14-15,20H,4,10-12,19H2,1-3,5-9H3. The molecule has 0 amide bonds. The van der Waals surface area contributed by atoms with Crippen LogP contribution in [0.2, 0.25) is 5.31 Å². The third-order valence-electron chi connectivity index (χ3n) is 4.94. The molecule has 2 unspecified atom stereocenters. The van der Waals surface area contributed by atoms with E-state index in [1.54, 1.807) is 0 Å². The third-order valence-corrected chi connectivity index (χ3v) is 4.94. The molecule has 0 aromatic heterocycles. The second kappa shape index (κ2) is 8.35. The van der Waals surface area contributed by atoms with E-state index in [9.17, 15) is 0 Å². The highest BCUT2D eigenvalue weighted by Gasteiger charge is 2.32. The molecule has 0 bridgehead atoms. The Bertz CT molecular complexity index is 326. The third kappa shape index (κ3) is 6.13. The van der Waals surface area contributed by atoms with E-state index in [4.69, 9.17) is 5.84 Å². The van der Waals surface area contributed by atoms with E-state index in [-0.39, 0.29) is 22.9 Å². The minimum absolute atomic E-state index is 0.0202. The average Bonchev–Trinajstić information content (AvgIpc) is 2.45. The topological polar surface area (TPSA) is 41.3 Å². The van der Waals surface area contributed by atoms with Gasteiger partial charge in [-0.3, -0.25) is 5.84 Å². The van der Waals surface area contributed by atoms with Gasteiger partial charge in [0.15, 0.2) is 0 Å². The lowest BCUT2D eigenvalue weighted by atomic mass is 9.60. The van der Waals surface area contributed by atoms with Crippen molar-refractivity contribution in [2.24, 2.45) is 5.84 Å². The predicted molar refractivity (Wildman–Crippen MR) is 96.3 cm³/mol. The van der Waals surface area contributed by atoms with Gasteiger partial charge < -0.3 is 5.23 Å². The summed E-state index contributed by atoms with van der Waals surface area (Å²) < 4.78 is 0. The predicted octanol–water partition coefficient (Wildman–Crippen LogP) is 3.89. The Morgan fingerprint density at radius 2 is 1.71 bits per heavy atom. The van der Waals surface area contributed by atoms with Gasteiger partial charge in [-0.05, 0) is 38.9 Å². The maximum absolute atomic E-state index is 6.41. The maximum atomic E-state index is 6.41. The summed E-state index contributed by atoms with van der Waals surface area (Å²) in [5, 5.41) is 5.75. The van der Waals surface area contributed by atoms with Crippen molar-refractivity contribution in [1.29, 1.82) is 0 Å². The van der Waals surface area contributed by atoms with Gasteiger partial charge >= 0.3 is 0 Å². The van der Waals surface area contributed by atoms with Gasteiger partial charge in [-0.25, -0.2) is 5.01 Å². The van der Waals surface area contributed by atoms with E-state index in [0.29, 0.717) is 0 Å². The molecule has 1 radical (unpaired) electrons. The van der Waals surface area contributed by atoms with E-state index in [2.05, 4.69) is 74.6 Å². The minimum atomic E-state index is -0.0202. The van der Waals surface area contributed by atoms with Crippen LogP contribution in [0.15, 0.2) is 12.2 Å². The summed E-state index contributed by atoms with van der Waals surface area (Å²) in [7, 11) is 2.21. The zero-order chi connectivity index (χ0) is 16.8. The van der Waals surface area contributed by atoms with Crippen molar-refractivity contribution in [1.82, 2.24) is 10.2 Å². The van der Waals surface area contributed by atoms with E-state index < -0.39 is 0 Å². The van der Waals surface area contributed by atoms with E-state index in [1.807, 2.05) is 5.01 Å². The van der Waals surface area contributed by atoms with E-state index >= 15 is 0 Å². The molecular weight excluding hydrogens is 257 g/mol. The van der Waals surface area contributed by atoms with Crippen LogP contribution >= 0.6 is 0 Å². The largest absolute Gasteiger partial charge is 0.353 e. The van der Waals surface area contributed by atoms with Crippen LogP contribution in [-0.4, -0.2) is 30.0 Å². The number of nitrogens with zero attached hydrogens (tertiary/aromatic N) is 1. The molecule has 123 valence electrons. The van der Waals surface area contributed by atoms with E-state index in [0.717, 1.165) is 19.3 Å². The van der Waals surface area contributed by atoms with Crippen molar-refractivity contribution in [2.75, 3.05) is 0 Å². The number of hydrogen-bond acceptors (Lipinski definition) is 3. The lowest BCUT2D eigenvalue weighted by Crippen LogP contribution is -2.60. The van der Waals surface area contributed by atoms with Gasteiger partial charge in [0.25, 0.3) is 0 Å². The monoisotopic (exact) mass is 294 g/mol. The first kappa shape index (κ1) is 20.7. The lowest BCUT2D eigenvalue weighted by molar-refractivity contribution is 0.0625. The molecule has 0 rings (SSSR count). The zero-order valence-corrected chi connectivity index (χ0v) is 15.6. The number of nitrogens with two attached hydrogens (primary N) is 1. The fourth-order valence-electron chi connectivity index (χ4n) is 2.13. The summed E-state index contributed by atoms with van der Waals surface area (Å²) in [5.74, 6) is 6.41. The number of rotatable bonds is 10. The Morgan fingerprint density at radius 3 is 2.10 bits per heavy atom. The number of hydrazine groups is 1. The van der Waals surface area contributed by atoms with Crippen LogP contribution in [0.5, 0.6) is 0 Å². The van der Waals surface area contributed by atoms with Crippen molar-refractivity contribution in [2.45, 2.75) is 97.6 Å². The smallest absolute Gasteiger partial charge is 0.212 e. The van der Waals surface area contributed by atoms with E-state index in [1.165, 1.54) is 5.57 Å². The van der Waals surface area contributed by atoms with Gasteiger partial charge in [-0.1, -0.05) is 53.2 Å². The Balaban J connectivity index is 5.03. The molecule has 3 nitrogen and oxygen atoms in total. The van der Waals surface area contributed by atoms with Crippen LogP contribution in [0.3, 0.4) is 0 Å². The Labute approximate surface area is 134 Å². The van der Waals surface area contributed by atoms with Crippen molar-refractivity contribution in [3.8, 4) is 0 Å². The first-order valence-electron chi connectivity index (χ1n) is 8.34. The fourth-order valence-corrected chi connectivity index (χ4v) is 2.13. The molecule has 0 aromatic carbocycles. The molecule has 0 saturated heterocycles. The molecule has 3 N–H and O–H groups in total. The maximum Gasteiger partial charge on any atom is 0.212 e. The SMILES string of the molecule is C=C(CC)C(N[B]C(C)(C)CC)C(C)N(N)C(C)(C)CC.